The number of anilines is 1. The first-order valence-corrected chi connectivity index (χ1v) is 7.48. The maximum Gasteiger partial charge on any atom is 0.339 e. The number of hydrogen-bond donors (Lipinski definition) is 2. The minimum absolute atomic E-state index is 0.175. The zero-order valence-electron chi connectivity index (χ0n) is 11.5. The summed E-state index contributed by atoms with van der Waals surface area (Å²) in [6.07, 6.45) is 0.728. The number of thiophene rings is 1. The van der Waals surface area contributed by atoms with Crippen LogP contribution in [0.15, 0.2) is 18.2 Å². The largest absolute Gasteiger partial charge is 0.486 e. The molecule has 5 nitrogen and oxygen atoms in total. The second kappa shape index (κ2) is 5.29. The maximum absolute atomic E-state index is 11.5. The molecule has 2 aromatic rings. The molecular formula is C15H15NO4S. The molecule has 1 aromatic carbocycles. The van der Waals surface area contributed by atoms with Crippen LogP contribution in [0, 0.1) is 0 Å². The first-order chi connectivity index (χ1) is 10.1. The van der Waals surface area contributed by atoms with E-state index in [1.165, 1.54) is 11.3 Å². The van der Waals surface area contributed by atoms with E-state index in [-0.39, 0.29) is 5.56 Å². The molecule has 1 aromatic heterocycles. The molecular weight excluding hydrogens is 290 g/mol. The highest BCUT2D eigenvalue weighted by Crippen LogP contribution is 2.42. The summed E-state index contributed by atoms with van der Waals surface area (Å²) in [5.74, 6) is 0.318. The van der Waals surface area contributed by atoms with Gasteiger partial charge in [0.15, 0.2) is 11.5 Å². The smallest absolute Gasteiger partial charge is 0.339 e. The Morgan fingerprint density at radius 1 is 1.33 bits per heavy atom. The van der Waals surface area contributed by atoms with Gasteiger partial charge in [-0.1, -0.05) is 13.0 Å². The topological polar surface area (TPSA) is 81.8 Å². The molecule has 0 saturated carbocycles. The van der Waals surface area contributed by atoms with Gasteiger partial charge in [0.25, 0.3) is 0 Å². The van der Waals surface area contributed by atoms with Crippen molar-refractivity contribution in [2.24, 2.45) is 0 Å². The number of aryl methyl sites for hydroxylation is 1. The number of nitrogen functional groups attached to an aromatic ring is 1. The van der Waals surface area contributed by atoms with Gasteiger partial charge in [-0.3, -0.25) is 0 Å². The average Bonchev–Trinajstić information content (AvgIpc) is 2.83. The number of hydrogen-bond acceptors (Lipinski definition) is 5. The Labute approximate surface area is 125 Å². The summed E-state index contributed by atoms with van der Waals surface area (Å²) in [7, 11) is 0. The SMILES string of the molecule is CCc1sc(N)c(C(=O)O)c1-c1ccc2c(c1)OCCO2. The van der Waals surface area contributed by atoms with E-state index in [2.05, 4.69) is 0 Å². The monoisotopic (exact) mass is 305 g/mol. The van der Waals surface area contributed by atoms with Crippen molar-refractivity contribution in [3.63, 3.8) is 0 Å². The van der Waals surface area contributed by atoms with Gasteiger partial charge in [0.2, 0.25) is 0 Å². The third-order valence-corrected chi connectivity index (χ3v) is 4.54. The van der Waals surface area contributed by atoms with Crippen LogP contribution in [0.5, 0.6) is 11.5 Å². The summed E-state index contributed by atoms with van der Waals surface area (Å²) < 4.78 is 11.1. The average molecular weight is 305 g/mol. The van der Waals surface area contributed by atoms with Gasteiger partial charge in [-0.15, -0.1) is 11.3 Å². The molecule has 1 aliphatic heterocycles. The first-order valence-electron chi connectivity index (χ1n) is 6.66. The summed E-state index contributed by atoms with van der Waals surface area (Å²) in [6, 6.07) is 5.48. The Balaban J connectivity index is 2.18. The standard InChI is InChI=1S/C15H15NO4S/c1-2-11-12(13(15(17)18)14(16)21-11)8-3-4-9-10(7-8)20-6-5-19-9/h3-4,7H,2,5-6,16H2,1H3,(H,17,18). The minimum atomic E-state index is -1.01. The quantitative estimate of drug-likeness (QED) is 0.911. The van der Waals surface area contributed by atoms with Crippen molar-refractivity contribution in [2.45, 2.75) is 13.3 Å². The number of carbonyl (C=O) groups is 1. The maximum atomic E-state index is 11.5. The van der Waals surface area contributed by atoms with Crippen LogP contribution in [-0.2, 0) is 6.42 Å². The first kappa shape index (κ1) is 13.8. The molecule has 0 bridgehead atoms. The van der Waals surface area contributed by atoms with Gasteiger partial charge in [-0.2, -0.15) is 0 Å². The van der Waals surface area contributed by atoms with E-state index in [0.717, 1.165) is 16.9 Å². The highest BCUT2D eigenvalue weighted by atomic mass is 32.1. The molecule has 0 fully saturated rings. The van der Waals surface area contributed by atoms with Crippen LogP contribution < -0.4 is 15.2 Å². The summed E-state index contributed by atoms with van der Waals surface area (Å²) in [4.78, 5) is 12.5. The van der Waals surface area contributed by atoms with Gasteiger partial charge in [0.1, 0.15) is 23.8 Å². The number of benzene rings is 1. The zero-order chi connectivity index (χ0) is 15.0. The van der Waals surface area contributed by atoms with Crippen LogP contribution in [0.4, 0.5) is 5.00 Å². The highest BCUT2D eigenvalue weighted by Gasteiger charge is 2.23. The Morgan fingerprint density at radius 2 is 2.05 bits per heavy atom. The summed E-state index contributed by atoms with van der Waals surface area (Å²) >= 11 is 1.33. The van der Waals surface area contributed by atoms with E-state index >= 15 is 0 Å². The van der Waals surface area contributed by atoms with E-state index in [9.17, 15) is 9.90 Å². The van der Waals surface area contributed by atoms with Crippen molar-refractivity contribution < 1.29 is 19.4 Å². The zero-order valence-corrected chi connectivity index (χ0v) is 12.3. The predicted octanol–water partition coefficient (Wildman–Crippen LogP) is 3.03. The normalized spacial score (nSPS) is 13.2. The molecule has 0 atom stereocenters. The van der Waals surface area contributed by atoms with Gasteiger partial charge in [0.05, 0.1) is 0 Å². The van der Waals surface area contributed by atoms with Gasteiger partial charge in [-0.25, -0.2) is 4.79 Å². The molecule has 0 radical (unpaired) electrons. The Morgan fingerprint density at radius 3 is 2.71 bits per heavy atom. The van der Waals surface area contributed by atoms with Crippen LogP contribution in [-0.4, -0.2) is 24.3 Å². The lowest BCUT2D eigenvalue weighted by Gasteiger charge is -2.19. The van der Waals surface area contributed by atoms with Crippen molar-refractivity contribution in [1.29, 1.82) is 0 Å². The van der Waals surface area contributed by atoms with Gasteiger partial charge in [0, 0.05) is 10.4 Å². The van der Waals surface area contributed by atoms with Gasteiger partial charge >= 0.3 is 5.97 Å². The lowest BCUT2D eigenvalue weighted by atomic mass is 9.99. The fourth-order valence-corrected chi connectivity index (χ4v) is 3.49. The van der Waals surface area contributed by atoms with E-state index < -0.39 is 5.97 Å². The second-order valence-electron chi connectivity index (χ2n) is 4.66. The number of fused-ring (bicyclic) bond motifs is 1. The van der Waals surface area contributed by atoms with E-state index in [1.54, 1.807) is 0 Å². The molecule has 0 spiro atoms. The fraction of sp³-hybridized carbons (Fsp3) is 0.267. The van der Waals surface area contributed by atoms with Crippen LogP contribution in [0.25, 0.3) is 11.1 Å². The van der Waals surface area contributed by atoms with E-state index in [0.29, 0.717) is 35.3 Å². The third kappa shape index (κ3) is 2.31. The highest BCUT2D eigenvalue weighted by molar-refractivity contribution is 7.17. The van der Waals surface area contributed by atoms with Crippen molar-refractivity contribution >= 4 is 22.3 Å². The number of aromatic carboxylic acids is 1. The molecule has 0 amide bonds. The molecule has 3 N–H and O–H groups in total. The number of ether oxygens (including phenoxy) is 2. The third-order valence-electron chi connectivity index (χ3n) is 3.37. The molecule has 2 heterocycles. The van der Waals surface area contributed by atoms with Crippen molar-refractivity contribution in [2.75, 3.05) is 18.9 Å². The van der Waals surface area contributed by atoms with Crippen LogP contribution in [0.2, 0.25) is 0 Å². The predicted molar refractivity (Wildman–Crippen MR) is 81.5 cm³/mol. The van der Waals surface area contributed by atoms with Gasteiger partial charge in [-0.05, 0) is 24.1 Å². The summed E-state index contributed by atoms with van der Waals surface area (Å²) in [6.45, 7) is 3.01. The molecule has 0 aliphatic carbocycles. The molecule has 1 aliphatic rings. The minimum Gasteiger partial charge on any atom is -0.486 e. The van der Waals surface area contributed by atoms with Crippen LogP contribution >= 0.6 is 11.3 Å². The molecule has 0 saturated heterocycles. The number of carboxylic acid groups (broad SMARTS) is 1. The van der Waals surface area contributed by atoms with Crippen molar-refractivity contribution in [3.05, 3.63) is 28.6 Å². The molecule has 3 rings (SSSR count). The molecule has 0 unspecified atom stereocenters. The van der Waals surface area contributed by atoms with Crippen molar-refractivity contribution in [1.82, 2.24) is 0 Å². The molecule has 6 heteroatoms. The summed E-state index contributed by atoms with van der Waals surface area (Å²) in [5.41, 5.74) is 7.53. The van der Waals surface area contributed by atoms with Crippen LogP contribution in [0.3, 0.4) is 0 Å². The number of carboxylic acids is 1. The Hall–Kier alpha value is -2.21. The Kier molecular flexibility index (Phi) is 3.47. The van der Waals surface area contributed by atoms with E-state index in [4.69, 9.17) is 15.2 Å². The summed E-state index contributed by atoms with van der Waals surface area (Å²) in [5, 5.41) is 9.76. The van der Waals surface area contributed by atoms with E-state index in [1.807, 2.05) is 25.1 Å². The van der Waals surface area contributed by atoms with Crippen molar-refractivity contribution in [3.8, 4) is 22.6 Å². The molecule has 110 valence electrons. The lowest BCUT2D eigenvalue weighted by molar-refractivity contribution is 0.0699. The fourth-order valence-electron chi connectivity index (χ4n) is 2.46. The van der Waals surface area contributed by atoms with Gasteiger partial charge < -0.3 is 20.3 Å². The molecule has 21 heavy (non-hydrogen) atoms. The second-order valence-corrected chi connectivity index (χ2v) is 5.79. The lowest BCUT2D eigenvalue weighted by Crippen LogP contribution is -2.15. The number of rotatable bonds is 3. The Bertz CT molecular complexity index is 708. The number of nitrogens with two attached hydrogens (primary N) is 1. The van der Waals surface area contributed by atoms with Crippen LogP contribution in [0.1, 0.15) is 22.2 Å².